The predicted molar refractivity (Wildman–Crippen MR) is 56.1 cm³/mol. The monoisotopic (exact) mass is 195 g/mol. The molecule has 0 radical (unpaired) electrons. The smallest absolute Gasteiger partial charge is 0.119 e. The van der Waals surface area contributed by atoms with Gasteiger partial charge in [-0.2, -0.15) is 5.48 Å². The van der Waals surface area contributed by atoms with E-state index in [1.807, 2.05) is 24.3 Å². The molecule has 0 amide bonds. The highest BCUT2D eigenvalue weighted by atomic mass is 16.6. The molecule has 3 heteroatoms. The van der Waals surface area contributed by atoms with Gasteiger partial charge in [0.1, 0.15) is 5.75 Å². The number of hydrogen-bond donors (Lipinski definition) is 1. The van der Waals surface area contributed by atoms with E-state index < -0.39 is 0 Å². The average Bonchev–Trinajstić information content (AvgIpc) is 2.25. The fourth-order valence-corrected chi connectivity index (χ4v) is 1.08. The Morgan fingerprint density at radius 3 is 2.50 bits per heavy atom. The van der Waals surface area contributed by atoms with E-state index >= 15 is 0 Å². The Morgan fingerprint density at radius 1 is 1.21 bits per heavy atom. The number of hydroxylamine groups is 1. The van der Waals surface area contributed by atoms with E-state index in [-0.39, 0.29) is 0 Å². The van der Waals surface area contributed by atoms with E-state index in [0.717, 1.165) is 18.8 Å². The molecule has 0 spiro atoms. The first-order chi connectivity index (χ1) is 6.86. The van der Waals surface area contributed by atoms with Crippen LogP contribution in [0.25, 0.3) is 0 Å². The van der Waals surface area contributed by atoms with Crippen LogP contribution >= 0.6 is 0 Å². The number of benzene rings is 1. The van der Waals surface area contributed by atoms with Gasteiger partial charge in [0.2, 0.25) is 0 Å². The summed E-state index contributed by atoms with van der Waals surface area (Å²) in [6.07, 6.45) is 1.03. The number of ether oxygens (including phenoxy) is 1. The van der Waals surface area contributed by atoms with Crippen molar-refractivity contribution >= 4 is 0 Å². The van der Waals surface area contributed by atoms with Crippen LogP contribution in [0.5, 0.6) is 5.75 Å². The van der Waals surface area contributed by atoms with Gasteiger partial charge in [-0.15, -0.1) is 0 Å². The Labute approximate surface area is 85.0 Å². The largest absolute Gasteiger partial charge is 0.494 e. The van der Waals surface area contributed by atoms with Crippen molar-refractivity contribution in [3.63, 3.8) is 0 Å². The Bertz CT molecular complexity index is 219. The molecule has 0 bridgehead atoms. The molecule has 1 rings (SSSR count). The SMILES string of the molecule is CCCOc1ccc(CNOC)cc1. The fourth-order valence-electron chi connectivity index (χ4n) is 1.08. The second-order valence-electron chi connectivity index (χ2n) is 3.02. The topological polar surface area (TPSA) is 30.5 Å². The van der Waals surface area contributed by atoms with Gasteiger partial charge in [-0.1, -0.05) is 19.1 Å². The standard InChI is InChI=1S/C11H17NO2/c1-3-8-14-11-6-4-10(5-7-11)9-12-13-2/h4-7,12H,3,8-9H2,1-2H3. The molecule has 1 N–H and O–H groups in total. The molecule has 14 heavy (non-hydrogen) atoms. The van der Waals surface area contributed by atoms with Gasteiger partial charge in [0.25, 0.3) is 0 Å². The zero-order valence-electron chi connectivity index (χ0n) is 8.75. The quantitative estimate of drug-likeness (QED) is 0.705. The van der Waals surface area contributed by atoms with Crippen molar-refractivity contribution in [2.75, 3.05) is 13.7 Å². The zero-order chi connectivity index (χ0) is 10.2. The van der Waals surface area contributed by atoms with Crippen LogP contribution < -0.4 is 10.2 Å². The van der Waals surface area contributed by atoms with Crippen LogP contribution in [0.2, 0.25) is 0 Å². The van der Waals surface area contributed by atoms with Crippen molar-refractivity contribution < 1.29 is 9.57 Å². The summed E-state index contributed by atoms with van der Waals surface area (Å²) in [7, 11) is 1.61. The lowest BCUT2D eigenvalue weighted by molar-refractivity contribution is 0.0867. The molecule has 0 unspecified atom stereocenters. The summed E-state index contributed by atoms with van der Waals surface area (Å²) >= 11 is 0. The molecule has 0 aliphatic carbocycles. The van der Waals surface area contributed by atoms with Crippen molar-refractivity contribution in [2.45, 2.75) is 19.9 Å². The maximum absolute atomic E-state index is 5.46. The zero-order valence-corrected chi connectivity index (χ0v) is 8.75. The lowest BCUT2D eigenvalue weighted by Gasteiger charge is -2.06. The molecule has 1 aromatic carbocycles. The first-order valence-electron chi connectivity index (χ1n) is 4.84. The molecule has 3 nitrogen and oxygen atoms in total. The van der Waals surface area contributed by atoms with E-state index in [4.69, 9.17) is 9.57 Å². The third-order valence-electron chi connectivity index (χ3n) is 1.82. The van der Waals surface area contributed by atoms with Crippen LogP contribution in [0.3, 0.4) is 0 Å². The minimum absolute atomic E-state index is 0.713. The molecule has 78 valence electrons. The molecule has 0 aliphatic rings. The Balaban J connectivity index is 2.42. The van der Waals surface area contributed by atoms with Gasteiger partial charge in [-0.05, 0) is 24.1 Å². The summed E-state index contributed by atoms with van der Waals surface area (Å²) in [5.41, 5.74) is 3.96. The van der Waals surface area contributed by atoms with Crippen LogP contribution in [-0.4, -0.2) is 13.7 Å². The third-order valence-corrected chi connectivity index (χ3v) is 1.82. The van der Waals surface area contributed by atoms with Crippen LogP contribution in [0.1, 0.15) is 18.9 Å². The second-order valence-corrected chi connectivity index (χ2v) is 3.02. The Hall–Kier alpha value is -1.06. The average molecular weight is 195 g/mol. The predicted octanol–water partition coefficient (Wildman–Crippen LogP) is 2.13. The van der Waals surface area contributed by atoms with Gasteiger partial charge in [-0.25, -0.2) is 0 Å². The minimum atomic E-state index is 0.713. The van der Waals surface area contributed by atoms with E-state index in [1.165, 1.54) is 5.56 Å². The first kappa shape index (κ1) is 11.0. The van der Waals surface area contributed by atoms with Crippen molar-refractivity contribution in [2.24, 2.45) is 0 Å². The minimum Gasteiger partial charge on any atom is -0.494 e. The summed E-state index contributed by atoms with van der Waals surface area (Å²) in [5, 5.41) is 0. The highest BCUT2D eigenvalue weighted by Gasteiger charge is 1.94. The second kappa shape index (κ2) is 6.40. The van der Waals surface area contributed by atoms with Crippen LogP contribution in [0, 0.1) is 0 Å². The van der Waals surface area contributed by atoms with E-state index in [9.17, 15) is 0 Å². The van der Waals surface area contributed by atoms with E-state index in [2.05, 4.69) is 12.4 Å². The maximum atomic E-state index is 5.46. The lowest BCUT2D eigenvalue weighted by atomic mass is 10.2. The summed E-state index contributed by atoms with van der Waals surface area (Å²) in [5.74, 6) is 0.924. The third kappa shape index (κ3) is 3.77. The van der Waals surface area contributed by atoms with E-state index in [0.29, 0.717) is 6.54 Å². The molecule has 0 aromatic heterocycles. The molecule has 0 saturated heterocycles. The van der Waals surface area contributed by atoms with Gasteiger partial charge >= 0.3 is 0 Å². The van der Waals surface area contributed by atoms with Crippen LogP contribution in [0.4, 0.5) is 0 Å². The van der Waals surface area contributed by atoms with Crippen molar-refractivity contribution in [1.82, 2.24) is 5.48 Å². The van der Waals surface area contributed by atoms with E-state index in [1.54, 1.807) is 7.11 Å². The number of nitrogens with one attached hydrogen (secondary N) is 1. The van der Waals surface area contributed by atoms with Gasteiger partial charge in [0.15, 0.2) is 0 Å². The molecule has 0 saturated carbocycles. The summed E-state index contributed by atoms with van der Waals surface area (Å²) < 4.78 is 5.46. The maximum Gasteiger partial charge on any atom is 0.119 e. The molecule has 0 aliphatic heterocycles. The number of hydrogen-bond acceptors (Lipinski definition) is 3. The highest BCUT2D eigenvalue weighted by molar-refractivity contribution is 5.27. The molecule has 0 heterocycles. The van der Waals surface area contributed by atoms with Gasteiger partial charge in [0, 0.05) is 6.54 Å². The lowest BCUT2D eigenvalue weighted by Crippen LogP contribution is -2.10. The Kier molecular flexibility index (Phi) is 5.04. The summed E-state index contributed by atoms with van der Waals surface area (Å²) in [6, 6.07) is 8.00. The van der Waals surface area contributed by atoms with Crippen molar-refractivity contribution in [1.29, 1.82) is 0 Å². The van der Waals surface area contributed by atoms with Crippen LogP contribution in [-0.2, 0) is 11.4 Å². The first-order valence-corrected chi connectivity index (χ1v) is 4.84. The molecular weight excluding hydrogens is 178 g/mol. The summed E-state index contributed by atoms with van der Waals surface area (Å²) in [6.45, 7) is 3.58. The van der Waals surface area contributed by atoms with Gasteiger partial charge in [-0.3, -0.25) is 0 Å². The van der Waals surface area contributed by atoms with Crippen molar-refractivity contribution in [3.05, 3.63) is 29.8 Å². The fraction of sp³-hybridized carbons (Fsp3) is 0.455. The molecule has 0 atom stereocenters. The molecular formula is C11H17NO2. The highest BCUT2D eigenvalue weighted by Crippen LogP contribution is 2.12. The van der Waals surface area contributed by atoms with Gasteiger partial charge in [0.05, 0.1) is 13.7 Å². The summed E-state index contributed by atoms with van der Waals surface area (Å²) in [4.78, 5) is 4.76. The van der Waals surface area contributed by atoms with Crippen molar-refractivity contribution in [3.8, 4) is 5.75 Å². The molecule has 1 aromatic rings. The number of rotatable bonds is 6. The Morgan fingerprint density at radius 2 is 1.93 bits per heavy atom. The molecule has 0 fully saturated rings. The normalized spacial score (nSPS) is 10.1. The van der Waals surface area contributed by atoms with Crippen LogP contribution in [0.15, 0.2) is 24.3 Å². The van der Waals surface area contributed by atoms with Gasteiger partial charge < -0.3 is 9.57 Å².